The summed E-state index contributed by atoms with van der Waals surface area (Å²) in [6.07, 6.45) is 3.55. The van der Waals surface area contributed by atoms with E-state index in [1.807, 2.05) is 0 Å². The number of benzene rings is 9. The Morgan fingerprint density at radius 2 is 0.985 bits per heavy atom. The quantitative estimate of drug-likeness (QED) is 0.155. The van der Waals surface area contributed by atoms with Gasteiger partial charge >= 0.3 is 0 Å². The molecule has 3 aliphatic carbocycles. The van der Waals surface area contributed by atoms with Gasteiger partial charge in [0.1, 0.15) is 0 Å². The van der Waals surface area contributed by atoms with E-state index in [1.54, 1.807) is 0 Å². The lowest BCUT2D eigenvalue weighted by Gasteiger charge is -2.31. The Balaban J connectivity index is 0.859. The molecule has 9 aromatic carbocycles. The Morgan fingerprint density at radius 3 is 1.78 bits per heavy atom. The van der Waals surface area contributed by atoms with Gasteiger partial charge in [0.25, 0.3) is 0 Å². The van der Waals surface area contributed by atoms with Gasteiger partial charge in [-0.2, -0.15) is 0 Å². The maximum absolute atomic E-state index is 2.51. The summed E-state index contributed by atoms with van der Waals surface area (Å²) >= 11 is 0. The largest absolute Gasteiger partial charge is 0.310 e. The van der Waals surface area contributed by atoms with Crippen molar-refractivity contribution in [2.75, 3.05) is 4.90 Å². The van der Waals surface area contributed by atoms with Gasteiger partial charge in [0.2, 0.25) is 0 Å². The van der Waals surface area contributed by atoms with Gasteiger partial charge < -0.3 is 9.47 Å². The van der Waals surface area contributed by atoms with Crippen LogP contribution in [0, 0.1) is 5.92 Å². The average Bonchev–Trinajstić information content (AvgIpc) is 3.92. The number of anilines is 3. The molecule has 2 nitrogen and oxygen atoms in total. The van der Waals surface area contributed by atoms with Crippen LogP contribution in [0.1, 0.15) is 61.2 Å². The minimum absolute atomic E-state index is 0.0858. The van der Waals surface area contributed by atoms with Gasteiger partial charge in [-0.15, -0.1) is 0 Å². The van der Waals surface area contributed by atoms with E-state index in [0.717, 1.165) is 23.5 Å². The normalized spacial score (nSPS) is 15.8. The summed E-state index contributed by atoms with van der Waals surface area (Å²) in [5.41, 5.74) is 25.5. The lowest BCUT2D eigenvalue weighted by molar-refractivity contribution is 0.410. The molecule has 0 bridgehead atoms. The van der Waals surface area contributed by atoms with E-state index in [0.29, 0.717) is 5.92 Å². The van der Waals surface area contributed by atoms with E-state index in [-0.39, 0.29) is 10.8 Å². The van der Waals surface area contributed by atoms with Gasteiger partial charge in [0.05, 0.1) is 11.2 Å². The molecule has 326 valence electrons. The lowest BCUT2D eigenvalue weighted by Crippen LogP contribution is -2.27. The van der Waals surface area contributed by atoms with Crippen LogP contribution in [-0.2, 0) is 17.3 Å². The molecule has 13 rings (SSSR count). The Kier molecular flexibility index (Phi) is 9.08. The first-order chi connectivity index (χ1) is 33.2. The molecule has 0 amide bonds. The molecule has 1 heterocycles. The molecule has 0 aliphatic heterocycles. The van der Waals surface area contributed by atoms with Gasteiger partial charge in [0, 0.05) is 33.6 Å². The zero-order valence-corrected chi connectivity index (χ0v) is 39.0. The fourth-order valence-electron chi connectivity index (χ4n) is 12.1. The Morgan fingerprint density at radius 1 is 0.426 bits per heavy atom. The van der Waals surface area contributed by atoms with Crippen LogP contribution < -0.4 is 4.90 Å². The van der Waals surface area contributed by atoms with Gasteiger partial charge in [-0.3, -0.25) is 0 Å². The van der Waals surface area contributed by atoms with Crippen LogP contribution in [0.15, 0.2) is 218 Å². The summed E-state index contributed by atoms with van der Waals surface area (Å²) in [4.78, 5) is 2.42. The molecule has 3 aliphatic rings. The predicted molar refractivity (Wildman–Crippen MR) is 286 cm³/mol. The lowest BCUT2D eigenvalue weighted by atomic mass is 9.72. The van der Waals surface area contributed by atoms with Gasteiger partial charge in [-0.1, -0.05) is 185 Å². The first-order valence-corrected chi connectivity index (χ1v) is 24.2. The van der Waals surface area contributed by atoms with Crippen LogP contribution in [0.2, 0.25) is 0 Å². The van der Waals surface area contributed by atoms with Gasteiger partial charge in [0.15, 0.2) is 0 Å². The van der Waals surface area contributed by atoms with Crippen molar-refractivity contribution in [1.29, 1.82) is 0 Å². The second-order valence-electron chi connectivity index (χ2n) is 20.2. The molecular formula is C66H52N2. The maximum atomic E-state index is 2.51. The minimum Gasteiger partial charge on any atom is -0.310 e. The van der Waals surface area contributed by atoms with Crippen molar-refractivity contribution in [1.82, 2.24) is 4.57 Å². The number of hydrogen-bond acceptors (Lipinski definition) is 1. The molecule has 10 aromatic rings. The monoisotopic (exact) mass is 872 g/mol. The third-order valence-electron chi connectivity index (χ3n) is 15.7. The summed E-state index contributed by atoms with van der Waals surface area (Å²) in [6, 6.07) is 80.9. The van der Waals surface area contributed by atoms with Crippen LogP contribution in [-0.4, -0.2) is 4.57 Å². The van der Waals surface area contributed by atoms with E-state index in [9.17, 15) is 0 Å². The van der Waals surface area contributed by atoms with Crippen molar-refractivity contribution >= 4 is 39.6 Å². The number of rotatable bonds is 7. The average molecular weight is 873 g/mol. The highest BCUT2D eigenvalue weighted by Crippen LogP contribution is 2.56. The predicted octanol–water partition coefficient (Wildman–Crippen LogP) is 17.4. The van der Waals surface area contributed by atoms with E-state index in [4.69, 9.17) is 0 Å². The van der Waals surface area contributed by atoms with Crippen LogP contribution in [0.4, 0.5) is 17.1 Å². The maximum Gasteiger partial charge on any atom is 0.0537 e. The molecule has 1 unspecified atom stereocenters. The molecule has 1 aromatic heterocycles. The van der Waals surface area contributed by atoms with E-state index < -0.39 is 0 Å². The second kappa shape index (κ2) is 15.3. The highest BCUT2D eigenvalue weighted by molar-refractivity contribution is 5.98. The molecular weight excluding hydrogens is 821 g/mol. The molecule has 2 heteroatoms. The van der Waals surface area contributed by atoms with Crippen LogP contribution in [0.5, 0.6) is 0 Å². The minimum atomic E-state index is -0.110. The van der Waals surface area contributed by atoms with Crippen molar-refractivity contribution in [3.8, 4) is 50.2 Å². The van der Waals surface area contributed by atoms with Crippen LogP contribution >= 0.6 is 0 Å². The molecule has 0 spiro atoms. The fourth-order valence-corrected chi connectivity index (χ4v) is 12.1. The number of allylic oxidation sites excluding steroid dienone is 1. The molecule has 1 atom stereocenters. The molecule has 0 saturated carbocycles. The molecule has 0 radical (unpaired) electrons. The summed E-state index contributed by atoms with van der Waals surface area (Å²) < 4.78 is 2.50. The third-order valence-corrected chi connectivity index (χ3v) is 15.7. The molecule has 0 fully saturated rings. The summed E-state index contributed by atoms with van der Waals surface area (Å²) in [6.45, 7) is 9.58. The van der Waals surface area contributed by atoms with Crippen molar-refractivity contribution in [3.63, 3.8) is 0 Å². The molecule has 0 saturated heterocycles. The van der Waals surface area contributed by atoms with E-state index >= 15 is 0 Å². The topological polar surface area (TPSA) is 8.17 Å². The highest BCUT2D eigenvalue weighted by atomic mass is 15.1. The van der Waals surface area contributed by atoms with E-state index in [2.05, 4.69) is 262 Å². The second-order valence-corrected chi connectivity index (χ2v) is 20.2. The van der Waals surface area contributed by atoms with Crippen LogP contribution in [0.3, 0.4) is 0 Å². The summed E-state index contributed by atoms with van der Waals surface area (Å²) in [5.74, 6) is 0.460. The zero-order valence-electron chi connectivity index (χ0n) is 39.0. The Hall–Kier alpha value is -7.94. The highest BCUT2D eigenvalue weighted by Gasteiger charge is 2.45. The zero-order chi connectivity index (χ0) is 45.7. The van der Waals surface area contributed by atoms with Crippen molar-refractivity contribution in [3.05, 3.63) is 252 Å². The first kappa shape index (κ1) is 40.3. The number of fused-ring (bicyclic) bond motifs is 9. The number of hydrogen-bond donors (Lipinski definition) is 0. The Bertz CT molecular complexity index is 3640. The van der Waals surface area contributed by atoms with E-state index in [1.165, 1.54) is 100 Å². The SMILES string of the molecule is CC1(C)c2ccccc2-c2ccc(N(c3ccc(-c4ccccc4)cc3)c3cccc(-c4cccc(-c5ccc(-n6c7c(c8ccccc86)CC6C(=C7)c7ccccc7C6(C)C)cc5)c4)c3)cc21. The van der Waals surface area contributed by atoms with Gasteiger partial charge in [-0.25, -0.2) is 0 Å². The first-order valence-electron chi connectivity index (χ1n) is 24.2. The molecule has 68 heavy (non-hydrogen) atoms. The van der Waals surface area contributed by atoms with Crippen molar-refractivity contribution in [2.45, 2.75) is 44.9 Å². The summed E-state index contributed by atoms with van der Waals surface area (Å²) in [5, 5.41) is 1.36. The number of aromatic nitrogens is 1. The fraction of sp³-hybridized carbons (Fsp3) is 0.121. The van der Waals surface area contributed by atoms with Crippen molar-refractivity contribution in [2.24, 2.45) is 5.92 Å². The van der Waals surface area contributed by atoms with Crippen molar-refractivity contribution < 1.29 is 0 Å². The summed E-state index contributed by atoms with van der Waals surface area (Å²) in [7, 11) is 0. The van der Waals surface area contributed by atoms with Crippen LogP contribution in [0.25, 0.3) is 72.7 Å². The standard InChI is InChI=1S/C66H52N2/c1-65(2)59-25-11-8-22-53(59)55-37-36-52(40-61(55)65)67(49-32-28-44(29-33-49)43-16-6-5-7-17-43)51-21-15-20-48(39-51)47-19-14-18-46(38-47)45-30-34-50(35-31-45)68-63-27-13-10-24-56(63)58-41-62-57(42-64(58)68)54-23-9-12-26-60(54)66(62,3)4/h5-40,42,62H,41H2,1-4H3. The smallest absolute Gasteiger partial charge is 0.0537 e. The third kappa shape index (κ3) is 6.24. The Labute approximate surface area is 400 Å². The number of nitrogens with zero attached hydrogens (tertiary/aromatic N) is 2. The number of para-hydroxylation sites is 1. The van der Waals surface area contributed by atoms with Gasteiger partial charge in [-0.05, 0) is 162 Å². The molecule has 0 N–H and O–H groups in total.